The number of nitrogens with zero attached hydrogens (tertiary/aromatic N) is 3. The summed E-state index contributed by atoms with van der Waals surface area (Å²) in [6.45, 7) is 0.241. The Bertz CT molecular complexity index is 575. The van der Waals surface area contributed by atoms with Gasteiger partial charge in [-0.25, -0.2) is 22.8 Å². The summed E-state index contributed by atoms with van der Waals surface area (Å²) in [5.74, 6) is 0.693. The Morgan fingerprint density at radius 1 is 1.41 bits per heavy atom. The van der Waals surface area contributed by atoms with Crippen molar-refractivity contribution in [3.63, 3.8) is 0 Å². The molecular weight excluding hydrogens is 240 g/mol. The fourth-order valence-corrected chi connectivity index (χ4v) is 1.70. The molecule has 0 atom stereocenters. The first kappa shape index (κ1) is 11.7. The molecule has 0 unspecified atom stereocenters. The number of nitrogens with one attached hydrogen (secondary N) is 1. The van der Waals surface area contributed by atoms with Crippen LogP contribution >= 0.6 is 0 Å². The van der Waals surface area contributed by atoms with Crippen molar-refractivity contribution in [3.8, 4) is 5.82 Å². The van der Waals surface area contributed by atoms with Crippen molar-refractivity contribution in [1.82, 2.24) is 19.5 Å². The number of hydrogen-bond donors (Lipinski definition) is 1. The topological polar surface area (TPSA) is 76.9 Å². The quantitative estimate of drug-likeness (QED) is 0.850. The van der Waals surface area contributed by atoms with Crippen molar-refractivity contribution in [3.05, 3.63) is 42.4 Å². The molecule has 0 aliphatic heterocycles. The van der Waals surface area contributed by atoms with E-state index in [1.165, 1.54) is 0 Å². The molecule has 90 valence electrons. The number of pyridine rings is 1. The van der Waals surface area contributed by atoms with Gasteiger partial charge in [0.15, 0.2) is 5.82 Å². The lowest BCUT2D eigenvalue weighted by Crippen LogP contribution is -2.21. The van der Waals surface area contributed by atoms with Gasteiger partial charge in [-0.3, -0.25) is 0 Å². The van der Waals surface area contributed by atoms with Crippen molar-refractivity contribution < 1.29 is 8.42 Å². The van der Waals surface area contributed by atoms with E-state index < -0.39 is 10.0 Å². The molecule has 0 bridgehead atoms. The molecular formula is C10H12N4O2S. The van der Waals surface area contributed by atoms with E-state index in [0.717, 1.165) is 11.8 Å². The molecule has 0 fully saturated rings. The molecule has 2 aromatic rings. The Morgan fingerprint density at radius 3 is 2.76 bits per heavy atom. The Morgan fingerprint density at radius 2 is 2.24 bits per heavy atom. The smallest absolute Gasteiger partial charge is 0.209 e. The number of hydrogen-bond acceptors (Lipinski definition) is 4. The van der Waals surface area contributed by atoms with Crippen LogP contribution in [0.2, 0.25) is 0 Å². The molecule has 2 aromatic heterocycles. The molecule has 2 heterocycles. The first-order valence-corrected chi connectivity index (χ1v) is 6.83. The standard InChI is InChI=1S/C10H12N4O2S/c1-17(15,16)13-8-9-3-4-10(11-7-9)14-6-2-5-12-14/h2-7,13H,8H2,1H3. The molecule has 0 aliphatic carbocycles. The maximum absolute atomic E-state index is 10.9. The van der Waals surface area contributed by atoms with E-state index in [-0.39, 0.29) is 6.54 Å². The number of aromatic nitrogens is 3. The summed E-state index contributed by atoms with van der Waals surface area (Å²) < 4.78 is 25.9. The van der Waals surface area contributed by atoms with Gasteiger partial charge >= 0.3 is 0 Å². The molecule has 6 nitrogen and oxygen atoms in total. The third kappa shape index (κ3) is 3.36. The highest BCUT2D eigenvalue weighted by Crippen LogP contribution is 2.04. The summed E-state index contributed by atoms with van der Waals surface area (Å²) in [6.07, 6.45) is 6.20. The molecule has 0 saturated heterocycles. The van der Waals surface area contributed by atoms with E-state index in [1.807, 2.05) is 6.07 Å². The lowest BCUT2D eigenvalue weighted by atomic mass is 10.3. The molecule has 0 aromatic carbocycles. The van der Waals surface area contributed by atoms with Gasteiger partial charge in [-0.15, -0.1) is 0 Å². The monoisotopic (exact) mass is 252 g/mol. The SMILES string of the molecule is CS(=O)(=O)NCc1ccc(-n2cccn2)nc1. The second kappa shape index (κ2) is 4.64. The lowest BCUT2D eigenvalue weighted by molar-refractivity contribution is 0.587. The van der Waals surface area contributed by atoms with Crippen molar-refractivity contribution in [2.75, 3.05) is 6.26 Å². The molecule has 0 aliphatic rings. The van der Waals surface area contributed by atoms with Crippen molar-refractivity contribution in [1.29, 1.82) is 0 Å². The van der Waals surface area contributed by atoms with Gasteiger partial charge in [-0.05, 0) is 17.7 Å². The summed E-state index contributed by atoms with van der Waals surface area (Å²) in [5, 5.41) is 4.04. The second-order valence-electron chi connectivity index (χ2n) is 3.57. The minimum Gasteiger partial charge on any atom is -0.237 e. The van der Waals surface area contributed by atoms with Crippen LogP contribution in [-0.4, -0.2) is 29.4 Å². The van der Waals surface area contributed by atoms with E-state index in [9.17, 15) is 8.42 Å². The Kier molecular flexibility index (Phi) is 3.21. The minimum atomic E-state index is -3.17. The Hall–Kier alpha value is -1.73. The molecule has 7 heteroatoms. The normalized spacial score (nSPS) is 11.6. The maximum Gasteiger partial charge on any atom is 0.209 e. The van der Waals surface area contributed by atoms with Crippen molar-refractivity contribution in [2.24, 2.45) is 0 Å². The zero-order valence-electron chi connectivity index (χ0n) is 9.24. The van der Waals surface area contributed by atoms with Gasteiger partial charge in [-0.1, -0.05) is 6.07 Å². The van der Waals surface area contributed by atoms with Crippen LogP contribution in [0.1, 0.15) is 5.56 Å². The molecule has 1 N–H and O–H groups in total. The van der Waals surface area contributed by atoms with Gasteiger partial charge in [-0.2, -0.15) is 5.10 Å². The van der Waals surface area contributed by atoms with E-state index >= 15 is 0 Å². The molecule has 0 radical (unpaired) electrons. The fraction of sp³-hybridized carbons (Fsp3) is 0.200. The average molecular weight is 252 g/mol. The molecule has 0 amide bonds. The summed E-state index contributed by atoms with van der Waals surface area (Å²) in [4.78, 5) is 4.19. The highest BCUT2D eigenvalue weighted by Gasteiger charge is 2.02. The zero-order valence-corrected chi connectivity index (χ0v) is 10.1. The summed E-state index contributed by atoms with van der Waals surface area (Å²) in [7, 11) is -3.17. The maximum atomic E-state index is 10.9. The predicted molar refractivity (Wildman–Crippen MR) is 63.0 cm³/mol. The zero-order chi connectivity index (χ0) is 12.3. The molecule has 17 heavy (non-hydrogen) atoms. The highest BCUT2D eigenvalue weighted by atomic mass is 32.2. The number of sulfonamides is 1. The largest absolute Gasteiger partial charge is 0.237 e. The van der Waals surface area contributed by atoms with Gasteiger partial charge in [0.2, 0.25) is 10.0 Å². The van der Waals surface area contributed by atoms with Crippen LogP contribution in [0.4, 0.5) is 0 Å². The molecule has 2 rings (SSSR count). The number of rotatable bonds is 4. The van der Waals surface area contributed by atoms with E-state index in [1.54, 1.807) is 35.4 Å². The van der Waals surface area contributed by atoms with E-state index in [4.69, 9.17) is 0 Å². The van der Waals surface area contributed by atoms with Crippen LogP contribution in [-0.2, 0) is 16.6 Å². The van der Waals surface area contributed by atoms with Gasteiger partial charge in [0, 0.05) is 25.1 Å². The average Bonchev–Trinajstić information content (AvgIpc) is 2.79. The van der Waals surface area contributed by atoms with Gasteiger partial charge in [0.05, 0.1) is 6.26 Å². The molecule has 0 saturated carbocycles. The van der Waals surface area contributed by atoms with Crippen molar-refractivity contribution >= 4 is 10.0 Å². The van der Waals surface area contributed by atoms with Crippen LogP contribution in [0.3, 0.4) is 0 Å². The predicted octanol–water partition coefficient (Wildman–Crippen LogP) is 0.316. The highest BCUT2D eigenvalue weighted by molar-refractivity contribution is 7.88. The van der Waals surface area contributed by atoms with Gasteiger partial charge < -0.3 is 0 Å². The molecule has 0 spiro atoms. The van der Waals surface area contributed by atoms with Crippen LogP contribution in [0.25, 0.3) is 5.82 Å². The van der Waals surface area contributed by atoms with E-state index in [0.29, 0.717) is 5.82 Å². The third-order valence-electron chi connectivity index (χ3n) is 2.09. The van der Waals surface area contributed by atoms with Gasteiger partial charge in [0.25, 0.3) is 0 Å². The summed E-state index contributed by atoms with van der Waals surface area (Å²) in [5.41, 5.74) is 0.798. The van der Waals surface area contributed by atoms with Crippen LogP contribution < -0.4 is 4.72 Å². The second-order valence-corrected chi connectivity index (χ2v) is 5.40. The van der Waals surface area contributed by atoms with Crippen LogP contribution in [0.15, 0.2) is 36.8 Å². The Balaban J connectivity index is 2.09. The Labute approximate surface area is 99.4 Å². The van der Waals surface area contributed by atoms with Gasteiger partial charge in [0.1, 0.15) is 0 Å². The first-order valence-electron chi connectivity index (χ1n) is 4.94. The van der Waals surface area contributed by atoms with Crippen LogP contribution in [0.5, 0.6) is 0 Å². The van der Waals surface area contributed by atoms with Crippen molar-refractivity contribution in [2.45, 2.75) is 6.54 Å². The third-order valence-corrected chi connectivity index (χ3v) is 2.76. The van der Waals surface area contributed by atoms with Crippen LogP contribution in [0, 0.1) is 0 Å². The summed E-state index contributed by atoms with van der Waals surface area (Å²) >= 11 is 0. The van der Waals surface area contributed by atoms with E-state index in [2.05, 4.69) is 14.8 Å². The summed E-state index contributed by atoms with van der Waals surface area (Å²) in [6, 6.07) is 5.40. The lowest BCUT2D eigenvalue weighted by Gasteiger charge is -2.04. The first-order chi connectivity index (χ1) is 8.04. The minimum absolute atomic E-state index is 0.241. The fourth-order valence-electron chi connectivity index (χ4n) is 1.28.